The van der Waals surface area contributed by atoms with Crippen molar-refractivity contribution in [1.29, 1.82) is 0 Å². The summed E-state index contributed by atoms with van der Waals surface area (Å²) in [6.45, 7) is 2.15. The van der Waals surface area contributed by atoms with Gasteiger partial charge >= 0.3 is 0 Å². The van der Waals surface area contributed by atoms with Crippen LogP contribution in [0, 0.1) is 0 Å². The summed E-state index contributed by atoms with van der Waals surface area (Å²) in [6.07, 6.45) is 0. The summed E-state index contributed by atoms with van der Waals surface area (Å²) in [4.78, 5) is 2.18. The maximum absolute atomic E-state index is 12.5. The maximum atomic E-state index is 12.5. The lowest BCUT2D eigenvalue weighted by Gasteiger charge is -2.14. The second-order valence-corrected chi connectivity index (χ2v) is 7.50. The Balaban J connectivity index is 1.90. The van der Waals surface area contributed by atoms with Gasteiger partial charge < -0.3 is 4.74 Å². The molecule has 0 bridgehead atoms. The van der Waals surface area contributed by atoms with Gasteiger partial charge in [-0.3, -0.25) is 9.62 Å². The quantitative estimate of drug-likeness (QED) is 0.922. The molecule has 3 rings (SSSR count). The van der Waals surface area contributed by atoms with E-state index in [1.807, 2.05) is 7.05 Å². The zero-order valence-corrected chi connectivity index (χ0v) is 14.2. The minimum atomic E-state index is -3.73. The lowest BCUT2D eigenvalue weighted by atomic mass is 10.1. The van der Waals surface area contributed by atoms with Crippen LogP contribution in [0.15, 0.2) is 47.4 Å². The van der Waals surface area contributed by atoms with Crippen LogP contribution in [0.25, 0.3) is 0 Å². The van der Waals surface area contributed by atoms with Crippen molar-refractivity contribution >= 4 is 27.3 Å². The van der Waals surface area contributed by atoms with Crippen LogP contribution < -0.4 is 9.46 Å². The lowest BCUT2D eigenvalue weighted by molar-refractivity contribution is 0.259. The molecule has 1 heterocycles. The number of ether oxygens (including phenoxy) is 1. The molecule has 0 spiro atoms. The topological polar surface area (TPSA) is 58.6 Å². The van der Waals surface area contributed by atoms with E-state index in [9.17, 15) is 8.42 Å². The van der Waals surface area contributed by atoms with Crippen molar-refractivity contribution < 1.29 is 13.2 Å². The molecule has 1 aliphatic rings. The number of fused-ring (bicyclic) bond motifs is 1. The molecule has 0 saturated carbocycles. The van der Waals surface area contributed by atoms with Gasteiger partial charge in [0.25, 0.3) is 10.0 Å². The second-order valence-electron chi connectivity index (χ2n) is 5.44. The Hall–Kier alpha value is -1.76. The van der Waals surface area contributed by atoms with E-state index < -0.39 is 10.0 Å². The third-order valence-corrected chi connectivity index (χ3v) is 5.49. The van der Waals surface area contributed by atoms with E-state index in [-0.39, 0.29) is 9.92 Å². The summed E-state index contributed by atoms with van der Waals surface area (Å²) in [6, 6.07) is 11.6. The molecule has 122 valence electrons. The van der Waals surface area contributed by atoms with E-state index in [0.717, 1.165) is 17.9 Å². The number of nitrogens with one attached hydrogen (secondary N) is 1. The number of benzene rings is 2. The van der Waals surface area contributed by atoms with Crippen LogP contribution in [0.5, 0.6) is 5.75 Å². The van der Waals surface area contributed by atoms with Gasteiger partial charge in [0.2, 0.25) is 0 Å². The minimum Gasteiger partial charge on any atom is -0.492 e. The summed E-state index contributed by atoms with van der Waals surface area (Å²) in [7, 11) is -1.73. The predicted molar refractivity (Wildman–Crippen MR) is 90.5 cm³/mol. The van der Waals surface area contributed by atoms with Gasteiger partial charge in [-0.15, -0.1) is 0 Å². The first-order chi connectivity index (χ1) is 11.0. The van der Waals surface area contributed by atoms with Gasteiger partial charge in [-0.25, -0.2) is 8.42 Å². The number of sulfonamides is 1. The Morgan fingerprint density at radius 2 is 2.00 bits per heavy atom. The van der Waals surface area contributed by atoms with Crippen molar-refractivity contribution in [2.24, 2.45) is 0 Å². The highest BCUT2D eigenvalue weighted by Gasteiger charge is 2.19. The summed E-state index contributed by atoms with van der Waals surface area (Å²) < 4.78 is 33.2. The summed E-state index contributed by atoms with van der Waals surface area (Å²) >= 11 is 5.99. The Labute approximate surface area is 140 Å². The first-order valence-corrected chi connectivity index (χ1v) is 9.03. The van der Waals surface area contributed by atoms with Gasteiger partial charge in [0, 0.05) is 24.3 Å². The van der Waals surface area contributed by atoms with Crippen molar-refractivity contribution in [2.75, 3.05) is 24.9 Å². The SMILES string of the molecule is CN1CCOc2ccc(NS(=O)(=O)c3ccccc3Cl)cc2C1. The van der Waals surface area contributed by atoms with Crippen LogP contribution in [-0.4, -0.2) is 33.5 Å². The van der Waals surface area contributed by atoms with Crippen LogP contribution >= 0.6 is 11.6 Å². The van der Waals surface area contributed by atoms with Crippen LogP contribution in [0.2, 0.25) is 5.02 Å². The van der Waals surface area contributed by atoms with Gasteiger partial charge in [0.1, 0.15) is 17.3 Å². The molecule has 2 aromatic carbocycles. The van der Waals surface area contributed by atoms with Gasteiger partial charge in [-0.2, -0.15) is 0 Å². The van der Waals surface area contributed by atoms with E-state index in [1.54, 1.807) is 36.4 Å². The highest BCUT2D eigenvalue weighted by molar-refractivity contribution is 7.92. The van der Waals surface area contributed by atoms with Crippen molar-refractivity contribution in [3.8, 4) is 5.75 Å². The van der Waals surface area contributed by atoms with Gasteiger partial charge in [-0.05, 0) is 37.4 Å². The van der Waals surface area contributed by atoms with Crippen molar-refractivity contribution in [3.05, 3.63) is 53.1 Å². The Kier molecular flexibility index (Phi) is 4.48. The highest BCUT2D eigenvalue weighted by atomic mass is 35.5. The predicted octanol–water partition coefficient (Wildman–Crippen LogP) is 2.97. The third-order valence-electron chi connectivity index (χ3n) is 3.61. The standard InChI is InChI=1S/C16H17ClN2O3S/c1-19-8-9-22-15-7-6-13(10-12(15)11-19)18-23(20,21)16-5-3-2-4-14(16)17/h2-7,10,18H,8-9,11H2,1H3. The molecule has 0 radical (unpaired) electrons. The highest BCUT2D eigenvalue weighted by Crippen LogP contribution is 2.28. The van der Waals surface area contributed by atoms with Gasteiger partial charge in [-0.1, -0.05) is 23.7 Å². The molecule has 1 aliphatic heterocycles. The fourth-order valence-electron chi connectivity index (χ4n) is 2.46. The Bertz CT molecular complexity index is 824. The minimum absolute atomic E-state index is 0.0602. The summed E-state index contributed by atoms with van der Waals surface area (Å²) in [5, 5.41) is 0.192. The van der Waals surface area contributed by atoms with Crippen molar-refractivity contribution in [3.63, 3.8) is 0 Å². The number of hydrogen-bond donors (Lipinski definition) is 1. The largest absolute Gasteiger partial charge is 0.492 e. The number of hydrogen-bond acceptors (Lipinski definition) is 4. The first kappa shape index (κ1) is 16.1. The molecular formula is C16H17ClN2O3S. The van der Waals surface area contributed by atoms with Gasteiger partial charge in [0.05, 0.1) is 5.02 Å². The Morgan fingerprint density at radius 1 is 1.22 bits per heavy atom. The smallest absolute Gasteiger partial charge is 0.263 e. The molecular weight excluding hydrogens is 336 g/mol. The van der Waals surface area contributed by atoms with E-state index in [4.69, 9.17) is 16.3 Å². The van der Waals surface area contributed by atoms with E-state index in [2.05, 4.69) is 9.62 Å². The lowest BCUT2D eigenvalue weighted by Crippen LogP contribution is -2.20. The number of rotatable bonds is 3. The number of anilines is 1. The molecule has 1 N–H and O–H groups in total. The fourth-order valence-corrected chi connectivity index (χ4v) is 4.03. The van der Waals surface area contributed by atoms with Crippen LogP contribution in [0.3, 0.4) is 0 Å². The fraction of sp³-hybridized carbons (Fsp3) is 0.250. The number of nitrogens with zero attached hydrogens (tertiary/aromatic N) is 1. The van der Waals surface area contributed by atoms with Crippen LogP contribution in [-0.2, 0) is 16.6 Å². The third kappa shape index (κ3) is 3.60. The van der Waals surface area contributed by atoms with Crippen molar-refractivity contribution in [2.45, 2.75) is 11.4 Å². The molecule has 5 nitrogen and oxygen atoms in total. The average molecular weight is 353 g/mol. The van der Waals surface area contributed by atoms with E-state index in [1.165, 1.54) is 6.07 Å². The maximum Gasteiger partial charge on any atom is 0.263 e. The molecule has 0 atom stereocenters. The molecule has 0 aliphatic carbocycles. The molecule has 0 saturated heterocycles. The number of halogens is 1. The normalized spacial score (nSPS) is 15.4. The van der Waals surface area contributed by atoms with E-state index >= 15 is 0 Å². The summed E-state index contributed by atoms with van der Waals surface area (Å²) in [5.74, 6) is 0.787. The second kappa shape index (κ2) is 6.39. The molecule has 0 aromatic heterocycles. The molecule has 0 unspecified atom stereocenters. The first-order valence-electron chi connectivity index (χ1n) is 7.17. The van der Waals surface area contributed by atoms with Crippen molar-refractivity contribution in [1.82, 2.24) is 4.90 Å². The molecule has 7 heteroatoms. The monoisotopic (exact) mass is 352 g/mol. The Morgan fingerprint density at radius 3 is 2.78 bits per heavy atom. The average Bonchev–Trinajstić information content (AvgIpc) is 2.67. The molecule has 0 fully saturated rings. The molecule has 0 amide bonds. The van der Waals surface area contributed by atoms with Crippen LogP contribution in [0.1, 0.15) is 5.56 Å². The van der Waals surface area contributed by atoms with Crippen LogP contribution in [0.4, 0.5) is 5.69 Å². The molecule has 23 heavy (non-hydrogen) atoms. The zero-order chi connectivity index (χ0) is 16.4. The summed E-state index contributed by atoms with van der Waals surface area (Å²) in [5.41, 5.74) is 1.44. The molecule has 2 aromatic rings. The zero-order valence-electron chi connectivity index (χ0n) is 12.6. The van der Waals surface area contributed by atoms with E-state index in [0.29, 0.717) is 18.8 Å². The van der Waals surface area contributed by atoms with Gasteiger partial charge in [0.15, 0.2) is 0 Å². The number of likely N-dealkylation sites (N-methyl/N-ethyl adjacent to an activating group) is 1.